The fourth-order valence-electron chi connectivity index (χ4n) is 2.13. The first kappa shape index (κ1) is 16.1. The SMILES string of the molecule is COc1cc(Cl)ccc1C(=O)N1CCN[C@H](C)C1.Cl. The summed E-state index contributed by atoms with van der Waals surface area (Å²) in [7, 11) is 1.54. The minimum Gasteiger partial charge on any atom is -0.496 e. The number of carbonyl (C=O) groups excluding carboxylic acids is 1. The van der Waals surface area contributed by atoms with Gasteiger partial charge in [0.05, 0.1) is 12.7 Å². The summed E-state index contributed by atoms with van der Waals surface area (Å²) < 4.78 is 5.22. The average molecular weight is 305 g/mol. The number of piperazine rings is 1. The molecule has 1 atom stereocenters. The summed E-state index contributed by atoms with van der Waals surface area (Å²) in [6.45, 7) is 4.32. The zero-order valence-electron chi connectivity index (χ0n) is 11.0. The molecule has 6 heteroatoms. The molecule has 0 aromatic heterocycles. The third-order valence-electron chi connectivity index (χ3n) is 3.05. The molecule has 1 aliphatic heterocycles. The van der Waals surface area contributed by atoms with Crippen molar-refractivity contribution in [3.05, 3.63) is 28.8 Å². The zero-order chi connectivity index (χ0) is 13.1. The van der Waals surface area contributed by atoms with Crippen molar-refractivity contribution in [3.8, 4) is 5.75 Å². The topological polar surface area (TPSA) is 41.6 Å². The number of rotatable bonds is 2. The Balaban J connectivity index is 0.00000180. The van der Waals surface area contributed by atoms with Crippen molar-refractivity contribution in [2.45, 2.75) is 13.0 Å². The lowest BCUT2D eigenvalue weighted by Crippen LogP contribution is -2.51. The molecule has 1 saturated heterocycles. The Morgan fingerprint density at radius 1 is 1.53 bits per heavy atom. The van der Waals surface area contributed by atoms with Gasteiger partial charge >= 0.3 is 0 Å². The summed E-state index contributed by atoms with van der Waals surface area (Å²) >= 11 is 5.89. The van der Waals surface area contributed by atoms with Gasteiger partial charge in [-0.25, -0.2) is 0 Å². The molecule has 1 fully saturated rings. The van der Waals surface area contributed by atoms with Crippen molar-refractivity contribution in [3.63, 3.8) is 0 Å². The predicted octanol–water partition coefficient (Wildman–Crippen LogP) is 2.20. The van der Waals surface area contributed by atoms with E-state index in [4.69, 9.17) is 16.3 Å². The van der Waals surface area contributed by atoms with Gasteiger partial charge in [0.2, 0.25) is 0 Å². The largest absolute Gasteiger partial charge is 0.496 e. The maximum atomic E-state index is 12.4. The second kappa shape index (κ2) is 6.98. The van der Waals surface area contributed by atoms with Gasteiger partial charge in [0, 0.05) is 30.7 Å². The molecule has 0 unspecified atom stereocenters. The lowest BCUT2D eigenvalue weighted by atomic mass is 10.1. The molecule has 0 radical (unpaired) electrons. The molecule has 2 rings (SSSR count). The number of amides is 1. The van der Waals surface area contributed by atoms with Gasteiger partial charge in [-0.15, -0.1) is 12.4 Å². The number of methoxy groups -OCH3 is 1. The van der Waals surface area contributed by atoms with Gasteiger partial charge in [-0.1, -0.05) is 11.6 Å². The van der Waals surface area contributed by atoms with Crippen LogP contribution in [0.4, 0.5) is 0 Å². The molecule has 0 saturated carbocycles. The molecule has 1 aliphatic rings. The van der Waals surface area contributed by atoms with Crippen LogP contribution in [0.3, 0.4) is 0 Å². The molecular formula is C13H18Cl2N2O2. The molecule has 0 spiro atoms. The van der Waals surface area contributed by atoms with Crippen LogP contribution in [0.15, 0.2) is 18.2 Å². The van der Waals surface area contributed by atoms with Gasteiger partial charge in [-0.3, -0.25) is 4.79 Å². The summed E-state index contributed by atoms with van der Waals surface area (Å²) in [5.74, 6) is 0.524. The van der Waals surface area contributed by atoms with E-state index < -0.39 is 0 Å². The summed E-state index contributed by atoms with van der Waals surface area (Å²) in [6, 6.07) is 5.42. The number of hydrogen-bond donors (Lipinski definition) is 1. The minimum absolute atomic E-state index is 0. The molecule has 1 amide bonds. The number of carbonyl (C=O) groups is 1. The molecular weight excluding hydrogens is 287 g/mol. The monoisotopic (exact) mass is 304 g/mol. The van der Waals surface area contributed by atoms with Gasteiger partial charge in [0.15, 0.2) is 0 Å². The van der Waals surface area contributed by atoms with Crippen molar-refractivity contribution < 1.29 is 9.53 Å². The Kier molecular flexibility index (Phi) is 5.91. The Morgan fingerprint density at radius 3 is 2.89 bits per heavy atom. The van der Waals surface area contributed by atoms with E-state index in [1.165, 1.54) is 0 Å². The first-order valence-electron chi connectivity index (χ1n) is 5.98. The Labute approximate surface area is 124 Å². The highest BCUT2D eigenvalue weighted by Crippen LogP contribution is 2.24. The first-order chi connectivity index (χ1) is 8.61. The fourth-order valence-corrected chi connectivity index (χ4v) is 2.29. The third kappa shape index (κ3) is 3.75. The number of halogens is 2. The van der Waals surface area contributed by atoms with E-state index in [1.807, 2.05) is 4.90 Å². The summed E-state index contributed by atoms with van der Waals surface area (Å²) in [5.41, 5.74) is 0.566. The van der Waals surface area contributed by atoms with Gasteiger partial charge in [0.1, 0.15) is 5.75 Å². The average Bonchev–Trinajstić information content (AvgIpc) is 2.37. The second-order valence-corrected chi connectivity index (χ2v) is 4.89. The third-order valence-corrected chi connectivity index (χ3v) is 3.29. The van der Waals surface area contributed by atoms with Crippen LogP contribution >= 0.6 is 24.0 Å². The van der Waals surface area contributed by atoms with Crippen LogP contribution in [-0.4, -0.2) is 43.6 Å². The summed E-state index contributed by atoms with van der Waals surface area (Å²) in [5, 5.41) is 3.88. The lowest BCUT2D eigenvalue weighted by Gasteiger charge is -2.32. The second-order valence-electron chi connectivity index (χ2n) is 4.45. The highest BCUT2D eigenvalue weighted by Gasteiger charge is 2.23. The minimum atomic E-state index is -0.00290. The van der Waals surface area contributed by atoms with E-state index in [0.29, 0.717) is 28.9 Å². The molecule has 19 heavy (non-hydrogen) atoms. The highest BCUT2D eigenvalue weighted by atomic mass is 35.5. The van der Waals surface area contributed by atoms with Crippen molar-refractivity contribution in [1.82, 2.24) is 10.2 Å². The molecule has 1 N–H and O–H groups in total. The number of hydrogen-bond acceptors (Lipinski definition) is 3. The number of benzene rings is 1. The fraction of sp³-hybridized carbons (Fsp3) is 0.462. The zero-order valence-corrected chi connectivity index (χ0v) is 12.6. The van der Waals surface area contributed by atoms with E-state index in [2.05, 4.69) is 12.2 Å². The van der Waals surface area contributed by atoms with Gasteiger partial charge in [-0.05, 0) is 25.1 Å². The Bertz CT molecular complexity index is 454. The normalized spacial score (nSPS) is 18.7. The van der Waals surface area contributed by atoms with Crippen LogP contribution in [0.1, 0.15) is 17.3 Å². The molecule has 1 aromatic rings. The summed E-state index contributed by atoms with van der Waals surface area (Å²) in [6.07, 6.45) is 0. The first-order valence-corrected chi connectivity index (χ1v) is 6.36. The lowest BCUT2D eigenvalue weighted by molar-refractivity contribution is 0.0705. The molecule has 0 bridgehead atoms. The molecule has 106 valence electrons. The Morgan fingerprint density at radius 2 is 2.26 bits per heavy atom. The van der Waals surface area contributed by atoms with E-state index in [-0.39, 0.29) is 18.3 Å². The molecule has 4 nitrogen and oxygen atoms in total. The standard InChI is InChI=1S/C13H17ClN2O2.ClH/c1-9-8-16(6-5-15-9)13(17)11-4-3-10(14)7-12(11)18-2;/h3-4,7,9,15H,5-6,8H2,1-2H3;1H/t9-;/m1./s1. The van der Waals surface area contributed by atoms with Gasteiger partial charge < -0.3 is 15.0 Å². The van der Waals surface area contributed by atoms with Crippen LogP contribution in [-0.2, 0) is 0 Å². The highest BCUT2D eigenvalue weighted by molar-refractivity contribution is 6.30. The van der Waals surface area contributed by atoms with Crippen LogP contribution in [0.5, 0.6) is 5.75 Å². The number of nitrogens with one attached hydrogen (secondary N) is 1. The molecule has 0 aliphatic carbocycles. The van der Waals surface area contributed by atoms with Crippen LogP contribution in [0.2, 0.25) is 5.02 Å². The quantitative estimate of drug-likeness (QED) is 0.911. The van der Waals surface area contributed by atoms with E-state index >= 15 is 0 Å². The predicted molar refractivity (Wildman–Crippen MR) is 78.6 cm³/mol. The van der Waals surface area contributed by atoms with Gasteiger partial charge in [0.25, 0.3) is 5.91 Å². The van der Waals surface area contributed by atoms with E-state index in [9.17, 15) is 4.79 Å². The maximum Gasteiger partial charge on any atom is 0.257 e. The number of ether oxygens (including phenoxy) is 1. The van der Waals surface area contributed by atoms with Crippen molar-refractivity contribution in [2.24, 2.45) is 0 Å². The number of nitrogens with zero attached hydrogens (tertiary/aromatic N) is 1. The molecule has 1 aromatic carbocycles. The van der Waals surface area contributed by atoms with Crippen molar-refractivity contribution in [1.29, 1.82) is 0 Å². The van der Waals surface area contributed by atoms with Crippen molar-refractivity contribution in [2.75, 3.05) is 26.7 Å². The van der Waals surface area contributed by atoms with E-state index in [0.717, 1.165) is 13.1 Å². The maximum absolute atomic E-state index is 12.4. The van der Waals surface area contributed by atoms with Crippen LogP contribution < -0.4 is 10.1 Å². The van der Waals surface area contributed by atoms with Crippen molar-refractivity contribution >= 4 is 29.9 Å². The summed E-state index contributed by atoms with van der Waals surface area (Å²) in [4.78, 5) is 14.3. The van der Waals surface area contributed by atoms with Gasteiger partial charge in [-0.2, -0.15) is 0 Å². The molecule has 1 heterocycles. The smallest absolute Gasteiger partial charge is 0.257 e. The Hall–Kier alpha value is -0.970. The van der Waals surface area contributed by atoms with E-state index in [1.54, 1.807) is 25.3 Å². The van der Waals surface area contributed by atoms with Crippen LogP contribution in [0, 0.1) is 0 Å². The van der Waals surface area contributed by atoms with Crippen LogP contribution in [0.25, 0.3) is 0 Å².